The van der Waals surface area contributed by atoms with Crippen LogP contribution in [0.3, 0.4) is 0 Å². The Kier molecular flexibility index (Phi) is 8.61. The summed E-state index contributed by atoms with van der Waals surface area (Å²) in [5.41, 5.74) is -2.00. The van der Waals surface area contributed by atoms with Crippen LogP contribution in [0.25, 0.3) is 0 Å². The zero-order valence-corrected chi connectivity index (χ0v) is 13.0. The monoisotopic (exact) mass is 302 g/mol. The molecule has 1 unspecified atom stereocenters. The molecule has 0 aromatic heterocycles. The number of carbonyl (C=O) groups is 3. The van der Waals surface area contributed by atoms with Crippen molar-refractivity contribution in [2.45, 2.75) is 52.1 Å². The third-order valence-electron chi connectivity index (χ3n) is 3.00. The molecule has 122 valence electrons. The van der Waals surface area contributed by atoms with Crippen molar-refractivity contribution in [2.24, 2.45) is 0 Å². The fourth-order valence-electron chi connectivity index (χ4n) is 1.71. The molecule has 0 aromatic carbocycles. The number of aliphatic hydroxyl groups is 1. The summed E-state index contributed by atoms with van der Waals surface area (Å²) in [5, 5.41) is 20.5. The Balaban J connectivity index is 4.17. The smallest absolute Gasteiger partial charge is 0.337 e. The molecule has 3 N–H and O–H groups in total. The number of rotatable bonds is 10. The molecule has 21 heavy (non-hydrogen) atoms. The highest BCUT2D eigenvalue weighted by Crippen LogP contribution is 2.03. The Morgan fingerprint density at radius 1 is 1.10 bits per heavy atom. The zero-order valence-electron chi connectivity index (χ0n) is 13.0. The van der Waals surface area contributed by atoms with Crippen LogP contribution < -0.4 is 5.32 Å². The van der Waals surface area contributed by atoms with E-state index in [0.717, 1.165) is 19.8 Å². The number of carboxylic acid groups (broad SMARTS) is 1. The van der Waals surface area contributed by atoms with E-state index in [4.69, 9.17) is 5.11 Å². The van der Waals surface area contributed by atoms with Crippen LogP contribution in [-0.2, 0) is 14.4 Å². The SMILES string of the molecule is CCCN(CCC)C(=O)CCC(=O)NCC(C)(O)C(=O)O. The molecule has 7 nitrogen and oxygen atoms in total. The van der Waals surface area contributed by atoms with Crippen LogP contribution in [0.15, 0.2) is 0 Å². The van der Waals surface area contributed by atoms with Gasteiger partial charge in [0.15, 0.2) is 5.60 Å². The molecule has 0 saturated heterocycles. The molecular weight excluding hydrogens is 276 g/mol. The van der Waals surface area contributed by atoms with E-state index in [1.807, 2.05) is 13.8 Å². The molecule has 0 radical (unpaired) electrons. The standard InChI is InChI=1S/C14H26N2O5/c1-4-8-16(9-5-2)12(18)7-6-11(17)15-10-14(3,21)13(19)20/h21H,4-10H2,1-3H3,(H,15,17)(H,19,20). The molecule has 0 aliphatic heterocycles. The van der Waals surface area contributed by atoms with Gasteiger partial charge >= 0.3 is 5.97 Å². The number of amides is 2. The van der Waals surface area contributed by atoms with Crippen molar-refractivity contribution in [3.05, 3.63) is 0 Å². The van der Waals surface area contributed by atoms with E-state index >= 15 is 0 Å². The molecule has 7 heteroatoms. The van der Waals surface area contributed by atoms with Crippen LogP contribution in [0.4, 0.5) is 0 Å². The molecule has 0 rings (SSSR count). The molecule has 0 fully saturated rings. The van der Waals surface area contributed by atoms with Crippen LogP contribution in [0.2, 0.25) is 0 Å². The average molecular weight is 302 g/mol. The summed E-state index contributed by atoms with van der Waals surface area (Å²) in [6, 6.07) is 0. The number of nitrogens with one attached hydrogen (secondary N) is 1. The number of hydrogen-bond donors (Lipinski definition) is 3. The lowest BCUT2D eigenvalue weighted by Crippen LogP contribution is -2.46. The van der Waals surface area contributed by atoms with Crippen LogP contribution in [0.1, 0.15) is 46.5 Å². The molecular formula is C14H26N2O5. The minimum atomic E-state index is -2.00. The molecule has 0 heterocycles. The summed E-state index contributed by atoms with van der Waals surface area (Å²) in [4.78, 5) is 35.9. The Morgan fingerprint density at radius 3 is 2.05 bits per heavy atom. The van der Waals surface area contributed by atoms with Gasteiger partial charge in [0.25, 0.3) is 0 Å². The van der Waals surface area contributed by atoms with Crippen molar-refractivity contribution in [3.63, 3.8) is 0 Å². The Bertz CT molecular complexity index is 362. The second-order valence-corrected chi connectivity index (χ2v) is 5.24. The first kappa shape index (κ1) is 19.4. The van der Waals surface area contributed by atoms with Gasteiger partial charge in [-0.15, -0.1) is 0 Å². The number of carbonyl (C=O) groups excluding carboxylic acids is 2. The van der Waals surface area contributed by atoms with Gasteiger partial charge in [0, 0.05) is 25.9 Å². The summed E-state index contributed by atoms with van der Waals surface area (Å²) >= 11 is 0. The topological polar surface area (TPSA) is 107 Å². The van der Waals surface area contributed by atoms with Gasteiger partial charge in [-0.05, 0) is 19.8 Å². The van der Waals surface area contributed by atoms with Gasteiger partial charge in [-0.3, -0.25) is 9.59 Å². The average Bonchev–Trinajstić information content (AvgIpc) is 2.42. The van der Waals surface area contributed by atoms with Gasteiger partial charge in [0.1, 0.15) is 0 Å². The summed E-state index contributed by atoms with van der Waals surface area (Å²) in [6.45, 7) is 6.02. The first-order valence-corrected chi connectivity index (χ1v) is 7.24. The largest absolute Gasteiger partial charge is 0.479 e. The van der Waals surface area contributed by atoms with Crippen LogP contribution >= 0.6 is 0 Å². The Morgan fingerprint density at radius 2 is 1.62 bits per heavy atom. The fraction of sp³-hybridized carbons (Fsp3) is 0.786. The molecule has 0 bridgehead atoms. The molecule has 0 spiro atoms. The van der Waals surface area contributed by atoms with E-state index in [0.29, 0.717) is 13.1 Å². The van der Waals surface area contributed by atoms with Gasteiger partial charge < -0.3 is 20.4 Å². The van der Waals surface area contributed by atoms with Gasteiger partial charge in [0.2, 0.25) is 11.8 Å². The number of carboxylic acids is 1. The van der Waals surface area contributed by atoms with E-state index < -0.39 is 17.5 Å². The van der Waals surface area contributed by atoms with Crippen molar-refractivity contribution in [3.8, 4) is 0 Å². The minimum Gasteiger partial charge on any atom is -0.479 e. The quantitative estimate of drug-likeness (QED) is 0.540. The second kappa shape index (κ2) is 9.33. The first-order valence-electron chi connectivity index (χ1n) is 7.24. The summed E-state index contributed by atoms with van der Waals surface area (Å²) < 4.78 is 0. The molecule has 0 aliphatic rings. The fourth-order valence-corrected chi connectivity index (χ4v) is 1.71. The van der Waals surface area contributed by atoms with E-state index in [2.05, 4.69) is 5.32 Å². The summed E-state index contributed by atoms with van der Waals surface area (Å²) in [6.07, 6.45) is 1.79. The number of aliphatic carboxylic acids is 1. The van der Waals surface area contributed by atoms with Crippen molar-refractivity contribution in [2.75, 3.05) is 19.6 Å². The van der Waals surface area contributed by atoms with Gasteiger partial charge in [-0.1, -0.05) is 13.8 Å². The maximum absolute atomic E-state index is 11.9. The zero-order chi connectivity index (χ0) is 16.5. The van der Waals surface area contributed by atoms with E-state index in [1.54, 1.807) is 4.90 Å². The Hall–Kier alpha value is -1.63. The van der Waals surface area contributed by atoms with Crippen molar-refractivity contribution in [1.82, 2.24) is 10.2 Å². The lowest BCUT2D eigenvalue weighted by atomic mass is 10.1. The van der Waals surface area contributed by atoms with E-state index in [1.165, 1.54) is 0 Å². The summed E-state index contributed by atoms with van der Waals surface area (Å²) in [5.74, 6) is -1.94. The van der Waals surface area contributed by atoms with Crippen LogP contribution in [-0.4, -0.2) is 58.1 Å². The highest BCUT2D eigenvalue weighted by atomic mass is 16.4. The third kappa shape index (κ3) is 7.65. The maximum atomic E-state index is 11.9. The minimum absolute atomic E-state index is 0.0154. The summed E-state index contributed by atoms with van der Waals surface area (Å²) in [7, 11) is 0. The molecule has 0 saturated carbocycles. The van der Waals surface area contributed by atoms with Gasteiger partial charge in [-0.25, -0.2) is 4.79 Å². The number of hydrogen-bond acceptors (Lipinski definition) is 4. The normalized spacial score (nSPS) is 13.3. The van der Waals surface area contributed by atoms with Crippen molar-refractivity contribution >= 4 is 17.8 Å². The lowest BCUT2D eigenvalue weighted by Gasteiger charge is -2.21. The number of nitrogens with zero attached hydrogens (tertiary/aromatic N) is 1. The Labute approximate surface area is 125 Å². The van der Waals surface area contributed by atoms with Crippen LogP contribution in [0, 0.1) is 0 Å². The van der Waals surface area contributed by atoms with E-state index in [-0.39, 0.29) is 25.3 Å². The predicted molar refractivity (Wildman–Crippen MR) is 77.7 cm³/mol. The first-order chi connectivity index (χ1) is 9.74. The van der Waals surface area contributed by atoms with Crippen molar-refractivity contribution in [1.29, 1.82) is 0 Å². The predicted octanol–water partition coefficient (Wildman–Crippen LogP) is 0.367. The maximum Gasteiger partial charge on any atom is 0.337 e. The molecule has 2 amide bonds. The highest BCUT2D eigenvalue weighted by Gasteiger charge is 2.30. The van der Waals surface area contributed by atoms with Gasteiger partial charge in [0.05, 0.1) is 6.54 Å². The molecule has 0 aliphatic carbocycles. The second-order valence-electron chi connectivity index (χ2n) is 5.24. The molecule has 0 aromatic rings. The van der Waals surface area contributed by atoms with E-state index in [9.17, 15) is 19.5 Å². The third-order valence-corrected chi connectivity index (χ3v) is 3.00. The van der Waals surface area contributed by atoms with Gasteiger partial charge in [-0.2, -0.15) is 0 Å². The molecule has 1 atom stereocenters. The van der Waals surface area contributed by atoms with Crippen molar-refractivity contribution < 1.29 is 24.6 Å². The highest BCUT2D eigenvalue weighted by molar-refractivity contribution is 5.84. The lowest BCUT2D eigenvalue weighted by molar-refractivity contribution is -0.156. The van der Waals surface area contributed by atoms with Crippen LogP contribution in [0.5, 0.6) is 0 Å².